The van der Waals surface area contributed by atoms with Gasteiger partial charge in [0.25, 0.3) is 0 Å². The van der Waals surface area contributed by atoms with Crippen LogP contribution >= 0.6 is 0 Å². The number of pyridine rings is 1. The van der Waals surface area contributed by atoms with Crippen molar-refractivity contribution in [3.63, 3.8) is 0 Å². The molecule has 23 heavy (non-hydrogen) atoms. The highest BCUT2D eigenvalue weighted by atomic mass is 14.9. The molecule has 1 aromatic heterocycles. The zero-order chi connectivity index (χ0) is 17.0. The van der Waals surface area contributed by atoms with E-state index in [2.05, 4.69) is 95.6 Å². The van der Waals surface area contributed by atoms with Gasteiger partial charge in [-0.1, -0.05) is 53.7 Å². The quantitative estimate of drug-likeness (QED) is 0.386. The summed E-state index contributed by atoms with van der Waals surface area (Å²) in [5.41, 5.74) is 5.69. The van der Waals surface area contributed by atoms with Crippen LogP contribution in [-0.2, 0) is 17.9 Å². The van der Waals surface area contributed by atoms with Gasteiger partial charge in [0.1, 0.15) is 7.05 Å². The van der Waals surface area contributed by atoms with E-state index in [4.69, 9.17) is 0 Å². The minimum Gasteiger partial charge on any atom is -0.194 e. The van der Waals surface area contributed by atoms with Crippen molar-refractivity contribution in [3.05, 3.63) is 53.6 Å². The number of aryl methyl sites for hydroxylation is 1. The van der Waals surface area contributed by atoms with Crippen LogP contribution in [0.3, 0.4) is 0 Å². The first-order chi connectivity index (χ1) is 10.6. The van der Waals surface area contributed by atoms with Crippen molar-refractivity contribution >= 4 is 21.8 Å². The smallest absolute Gasteiger partial charge is 0.194 e. The number of hydrogen-bond acceptors (Lipinski definition) is 0. The van der Waals surface area contributed by atoms with Gasteiger partial charge in [0.2, 0.25) is 11.0 Å². The van der Waals surface area contributed by atoms with E-state index >= 15 is 0 Å². The van der Waals surface area contributed by atoms with Gasteiger partial charge in [0, 0.05) is 22.9 Å². The molecule has 1 heterocycles. The average Bonchev–Trinajstić information content (AvgIpc) is 2.44. The zero-order valence-electron chi connectivity index (χ0n) is 15.5. The number of fused-ring (bicyclic) bond motifs is 2. The number of rotatable bonds is 0. The molecule has 0 unspecified atom stereocenters. The first kappa shape index (κ1) is 16.0. The van der Waals surface area contributed by atoms with Crippen LogP contribution in [-0.4, -0.2) is 0 Å². The van der Waals surface area contributed by atoms with Crippen LogP contribution in [0.5, 0.6) is 0 Å². The molecule has 0 bridgehead atoms. The Bertz CT molecular complexity index is 818. The van der Waals surface area contributed by atoms with E-state index in [1.807, 2.05) is 0 Å². The Morgan fingerprint density at radius 2 is 1.00 bits per heavy atom. The van der Waals surface area contributed by atoms with Crippen molar-refractivity contribution in [1.82, 2.24) is 0 Å². The lowest BCUT2D eigenvalue weighted by molar-refractivity contribution is -0.617. The summed E-state index contributed by atoms with van der Waals surface area (Å²) in [5, 5.41) is 2.64. The minimum absolute atomic E-state index is 0.176. The maximum Gasteiger partial charge on any atom is 0.212 e. The van der Waals surface area contributed by atoms with Gasteiger partial charge in [-0.15, -0.1) is 0 Å². The maximum absolute atomic E-state index is 2.35. The van der Waals surface area contributed by atoms with E-state index in [1.165, 1.54) is 32.9 Å². The average molecular weight is 306 g/mol. The highest BCUT2D eigenvalue weighted by Crippen LogP contribution is 2.29. The summed E-state index contributed by atoms with van der Waals surface area (Å²) in [6.45, 7) is 13.6. The molecular weight excluding hydrogens is 278 g/mol. The van der Waals surface area contributed by atoms with Crippen LogP contribution in [0.25, 0.3) is 21.8 Å². The highest BCUT2D eigenvalue weighted by Gasteiger charge is 2.19. The summed E-state index contributed by atoms with van der Waals surface area (Å²) in [5.74, 6) is 0. The van der Waals surface area contributed by atoms with Crippen LogP contribution in [0.15, 0.2) is 42.5 Å². The van der Waals surface area contributed by atoms with Crippen molar-refractivity contribution in [2.45, 2.75) is 52.4 Å². The summed E-state index contributed by atoms with van der Waals surface area (Å²) in [6.07, 6.45) is 0. The fraction of sp³-hybridized carbons (Fsp3) is 0.409. The fourth-order valence-electron chi connectivity index (χ4n) is 3.18. The molecule has 0 radical (unpaired) electrons. The molecule has 0 amide bonds. The van der Waals surface area contributed by atoms with Crippen molar-refractivity contribution in [1.29, 1.82) is 0 Å². The lowest BCUT2D eigenvalue weighted by Crippen LogP contribution is -2.30. The Hall–Kier alpha value is -1.89. The summed E-state index contributed by atoms with van der Waals surface area (Å²) in [6, 6.07) is 16.1. The molecule has 0 aliphatic heterocycles. The van der Waals surface area contributed by atoms with Crippen molar-refractivity contribution in [3.8, 4) is 0 Å². The third kappa shape index (κ3) is 2.85. The van der Waals surface area contributed by atoms with Crippen LogP contribution in [0, 0.1) is 0 Å². The van der Waals surface area contributed by atoms with Gasteiger partial charge in [-0.25, -0.2) is 0 Å². The summed E-state index contributed by atoms with van der Waals surface area (Å²) < 4.78 is 2.31. The Kier molecular flexibility index (Phi) is 3.51. The zero-order valence-corrected chi connectivity index (χ0v) is 15.5. The summed E-state index contributed by atoms with van der Waals surface area (Å²) >= 11 is 0. The third-order valence-electron chi connectivity index (χ3n) is 4.82. The number of hydrogen-bond donors (Lipinski definition) is 0. The van der Waals surface area contributed by atoms with Crippen LogP contribution in [0.1, 0.15) is 52.7 Å². The Labute approximate surface area is 140 Å². The topological polar surface area (TPSA) is 3.88 Å². The van der Waals surface area contributed by atoms with Crippen LogP contribution in [0.2, 0.25) is 0 Å². The van der Waals surface area contributed by atoms with E-state index in [-0.39, 0.29) is 10.8 Å². The van der Waals surface area contributed by atoms with Gasteiger partial charge in [0.05, 0.1) is 0 Å². The monoisotopic (exact) mass is 306 g/mol. The first-order valence-corrected chi connectivity index (χ1v) is 8.45. The SMILES string of the molecule is C[n+]1c2ccc(C(C)(C)C)cc2cc2cc(C(C)(C)C)ccc21. The number of benzene rings is 2. The fourth-order valence-corrected chi connectivity index (χ4v) is 3.18. The Morgan fingerprint density at radius 1 is 0.609 bits per heavy atom. The second-order valence-electron chi connectivity index (χ2n) is 8.75. The molecule has 0 fully saturated rings. The van der Waals surface area contributed by atoms with Gasteiger partial charge in [0.15, 0.2) is 0 Å². The lowest BCUT2D eigenvalue weighted by atomic mass is 9.85. The van der Waals surface area contributed by atoms with Crippen molar-refractivity contribution in [2.75, 3.05) is 0 Å². The molecule has 3 aromatic rings. The summed E-state index contributed by atoms with van der Waals surface area (Å²) in [7, 11) is 2.16. The predicted molar refractivity (Wildman–Crippen MR) is 100 cm³/mol. The van der Waals surface area contributed by atoms with Crippen molar-refractivity contribution < 1.29 is 4.57 Å². The van der Waals surface area contributed by atoms with Gasteiger partial charge < -0.3 is 0 Å². The Balaban J connectivity index is 2.32. The Morgan fingerprint density at radius 3 is 1.35 bits per heavy atom. The van der Waals surface area contributed by atoms with Crippen molar-refractivity contribution in [2.24, 2.45) is 7.05 Å². The van der Waals surface area contributed by atoms with E-state index in [0.29, 0.717) is 0 Å². The third-order valence-corrected chi connectivity index (χ3v) is 4.82. The van der Waals surface area contributed by atoms with E-state index in [1.54, 1.807) is 0 Å². The molecule has 0 atom stereocenters. The largest absolute Gasteiger partial charge is 0.212 e. The number of aromatic nitrogens is 1. The molecule has 0 saturated heterocycles. The molecule has 0 N–H and O–H groups in total. The molecule has 3 rings (SSSR count). The second kappa shape index (κ2) is 5.06. The molecule has 0 aliphatic rings. The second-order valence-corrected chi connectivity index (χ2v) is 8.75. The molecule has 1 nitrogen and oxygen atoms in total. The van der Waals surface area contributed by atoms with Gasteiger partial charge in [-0.3, -0.25) is 0 Å². The van der Waals surface area contributed by atoms with E-state index in [9.17, 15) is 0 Å². The van der Waals surface area contributed by atoms with Gasteiger partial charge in [-0.05, 0) is 40.2 Å². The highest BCUT2D eigenvalue weighted by molar-refractivity contribution is 5.89. The van der Waals surface area contributed by atoms with Crippen LogP contribution in [0.4, 0.5) is 0 Å². The minimum atomic E-state index is 0.176. The van der Waals surface area contributed by atoms with Gasteiger partial charge in [-0.2, -0.15) is 4.57 Å². The number of nitrogens with zero attached hydrogens (tertiary/aromatic N) is 1. The molecule has 1 heteroatoms. The van der Waals surface area contributed by atoms with E-state index in [0.717, 1.165) is 0 Å². The summed E-state index contributed by atoms with van der Waals surface area (Å²) in [4.78, 5) is 0. The molecule has 2 aromatic carbocycles. The molecule has 120 valence electrons. The van der Waals surface area contributed by atoms with E-state index < -0.39 is 0 Å². The predicted octanol–water partition coefficient (Wildman–Crippen LogP) is 5.41. The molecule has 0 saturated carbocycles. The molecular formula is C22H28N+. The lowest BCUT2D eigenvalue weighted by Gasteiger charge is -2.20. The molecule has 0 spiro atoms. The normalized spacial score (nSPS) is 13.0. The molecule has 0 aliphatic carbocycles. The standard InChI is InChI=1S/C22H28N/c1-21(2,3)17-8-10-19-15(13-17)12-16-14-18(22(4,5)6)9-11-20(16)23(19)7/h8-14H,1-7H3/q+1. The van der Waals surface area contributed by atoms with Crippen LogP contribution < -0.4 is 4.57 Å². The van der Waals surface area contributed by atoms with Gasteiger partial charge >= 0.3 is 0 Å². The first-order valence-electron chi connectivity index (χ1n) is 8.45. The maximum atomic E-state index is 2.35.